The maximum atomic E-state index is 12.7. The van der Waals surface area contributed by atoms with E-state index >= 15 is 0 Å². The number of pyridine rings is 1. The van der Waals surface area contributed by atoms with E-state index in [0.29, 0.717) is 17.7 Å². The average molecular weight is 370 g/mol. The third-order valence-corrected chi connectivity index (χ3v) is 4.59. The molecule has 3 aromatic rings. The van der Waals surface area contributed by atoms with Crippen LogP contribution in [0.4, 0.5) is 14.5 Å². The number of carbonyl (C=O) groups is 1. The van der Waals surface area contributed by atoms with Gasteiger partial charge in [-0.25, -0.2) is 0 Å². The van der Waals surface area contributed by atoms with Gasteiger partial charge in [0, 0.05) is 23.1 Å². The highest BCUT2D eigenvalue weighted by Crippen LogP contribution is 2.36. The molecule has 0 radical (unpaired) electrons. The monoisotopic (exact) mass is 370 g/mol. The second-order valence-corrected chi connectivity index (χ2v) is 6.44. The van der Waals surface area contributed by atoms with Crippen molar-refractivity contribution in [2.75, 3.05) is 5.32 Å². The molecule has 0 spiro atoms. The first-order chi connectivity index (χ1) is 13.0. The van der Waals surface area contributed by atoms with Crippen LogP contribution in [0.5, 0.6) is 0 Å². The Balaban J connectivity index is 1.54. The van der Waals surface area contributed by atoms with Gasteiger partial charge in [-0.2, -0.15) is 13.8 Å². The summed E-state index contributed by atoms with van der Waals surface area (Å²) >= 11 is 0. The molecule has 0 fully saturated rings. The van der Waals surface area contributed by atoms with Gasteiger partial charge in [0.15, 0.2) is 0 Å². The van der Waals surface area contributed by atoms with E-state index in [1.165, 1.54) is 0 Å². The minimum absolute atomic E-state index is 0.0772. The Morgan fingerprint density at radius 2 is 2.15 bits per heavy atom. The van der Waals surface area contributed by atoms with E-state index in [9.17, 15) is 13.6 Å². The lowest BCUT2D eigenvalue weighted by atomic mass is 9.98. The summed E-state index contributed by atoms with van der Waals surface area (Å²) in [6, 6.07) is 8.95. The zero-order chi connectivity index (χ0) is 19.0. The third-order valence-electron chi connectivity index (χ3n) is 4.59. The third kappa shape index (κ3) is 3.42. The molecule has 1 aromatic carbocycles. The van der Waals surface area contributed by atoms with Crippen LogP contribution in [0.2, 0.25) is 0 Å². The van der Waals surface area contributed by atoms with Crippen LogP contribution in [-0.2, 0) is 11.2 Å². The van der Waals surface area contributed by atoms with Crippen molar-refractivity contribution in [2.45, 2.75) is 32.1 Å². The molecular formula is C19H16F2N4O2. The normalized spacial score (nSPS) is 15.8. The SMILES string of the molecule is Cc1cc(NC(=O)[C@@H]2CCc3cc(-c4noc(C(F)F)n4)ccc32)ccn1. The molecule has 1 N–H and O–H groups in total. The highest BCUT2D eigenvalue weighted by Gasteiger charge is 2.29. The molecule has 1 amide bonds. The first-order valence-corrected chi connectivity index (χ1v) is 8.50. The van der Waals surface area contributed by atoms with Crippen LogP contribution in [-0.4, -0.2) is 21.0 Å². The van der Waals surface area contributed by atoms with E-state index in [4.69, 9.17) is 0 Å². The predicted molar refractivity (Wildman–Crippen MR) is 93.4 cm³/mol. The van der Waals surface area contributed by atoms with Crippen LogP contribution in [0.3, 0.4) is 0 Å². The van der Waals surface area contributed by atoms with Crippen molar-refractivity contribution in [1.82, 2.24) is 15.1 Å². The molecule has 6 nitrogen and oxygen atoms in total. The number of alkyl halides is 2. The molecule has 2 aromatic heterocycles. The lowest BCUT2D eigenvalue weighted by molar-refractivity contribution is -0.117. The van der Waals surface area contributed by atoms with Crippen LogP contribution in [0.25, 0.3) is 11.4 Å². The van der Waals surface area contributed by atoms with Crippen molar-refractivity contribution < 1.29 is 18.1 Å². The van der Waals surface area contributed by atoms with Gasteiger partial charge in [-0.3, -0.25) is 9.78 Å². The van der Waals surface area contributed by atoms with Gasteiger partial charge in [-0.05, 0) is 49.1 Å². The van der Waals surface area contributed by atoms with Crippen LogP contribution >= 0.6 is 0 Å². The molecule has 1 aliphatic carbocycles. The maximum Gasteiger partial charge on any atom is 0.315 e. The van der Waals surface area contributed by atoms with Gasteiger partial charge < -0.3 is 9.84 Å². The zero-order valence-corrected chi connectivity index (χ0v) is 14.4. The second-order valence-electron chi connectivity index (χ2n) is 6.44. The number of rotatable bonds is 4. The number of nitrogens with zero attached hydrogens (tertiary/aromatic N) is 3. The van der Waals surface area contributed by atoms with Crippen molar-refractivity contribution in [1.29, 1.82) is 0 Å². The Hall–Kier alpha value is -3.16. The Morgan fingerprint density at radius 1 is 1.30 bits per heavy atom. The van der Waals surface area contributed by atoms with Crippen LogP contribution in [0, 0.1) is 6.92 Å². The Bertz CT molecular complexity index is 1000. The van der Waals surface area contributed by atoms with Crippen molar-refractivity contribution in [3.05, 3.63) is 59.2 Å². The van der Waals surface area contributed by atoms with Gasteiger partial charge >= 0.3 is 6.43 Å². The van der Waals surface area contributed by atoms with Gasteiger partial charge in [0.2, 0.25) is 11.7 Å². The summed E-state index contributed by atoms with van der Waals surface area (Å²) in [4.78, 5) is 20.5. The molecule has 138 valence electrons. The molecule has 0 aliphatic heterocycles. The summed E-state index contributed by atoms with van der Waals surface area (Å²) in [5.74, 6) is -0.917. The molecular weight excluding hydrogens is 354 g/mol. The van der Waals surface area contributed by atoms with Gasteiger partial charge in [0.1, 0.15) is 0 Å². The number of nitrogens with one attached hydrogen (secondary N) is 1. The number of fused-ring (bicyclic) bond motifs is 1. The summed E-state index contributed by atoms with van der Waals surface area (Å²) < 4.78 is 29.8. The van der Waals surface area contributed by atoms with E-state index in [1.807, 2.05) is 25.1 Å². The standard InChI is InChI=1S/C19H16F2N4O2/c1-10-8-13(6-7-22-10)23-18(26)15-5-2-11-9-12(3-4-14(11)15)17-24-19(16(20)21)27-25-17/h3-4,6-9,15-16H,2,5H2,1H3,(H,22,23,26)/t15-/m1/s1. The zero-order valence-electron chi connectivity index (χ0n) is 14.4. The lowest BCUT2D eigenvalue weighted by Crippen LogP contribution is -2.19. The van der Waals surface area contributed by atoms with Crippen molar-refractivity contribution >= 4 is 11.6 Å². The van der Waals surface area contributed by atoms with E-state index in [-0.39, 0.29) is 17.6 Å². The van der Waals surface area contributed by atoms with Crippen molar-refractivity contribution in [2.24, 2.45) is 0 Å². The van der Waals surface area contributed by atoms with E-state index in [1.54, 1.807) is 18.3 Å². The number of benzene rings is 1. The van der Waals surface area contributed by atoms with E-state index in [0.717, 1.165) is 23.2 Å². The summed E-state index contributed by atoms with van der Waals surface area (Å²) in [5.41, 5.74) is 4.05. The number of halogens is 2. The summed E-state index contributed by atoms with van der Waals surface area (Å²) in [7, 11) is 0. The van der Waals surface area contributed by atoms with Crippen LogP contribution in [0.15, 0.2) is 41.1 Å². The van der Waals surface area contributed by atoms with Gasteiger partial charge in [0.25, 0.3) is 5.89 Å². The fraction of sp³-hybridized carbons (Fsp3) is 0.263. The smallest absolute Gasteiger partial charge is 0.315 e. The molecule has 0 bridgehead atoms. The second kappa shape index (κ2) is 6.86. The first kappa shape index (κ1) is 17.3. The molecule has 27 heavy (non-hydrogen) atoms. The highest BCUT2D eigenvalue weighted by atomic mass is 19.3. The molecule has 0 saturated carbocycles. The Kier molecular flexibility index (Phi) is 4.39. The fourth-order valence-corrected chi connectivity index (χ4v) is 3.32. The number of carbonyl (C=O) groups excluding carboxylic acids is 1. The van der Waals surface area contributed by atoms with Crippen molar-refractivity contribution in [3.63, 3.8) is 0 Å². The van der Waals surface area contributed by atoms with Crippen LogP contribution < -0.4 is 5.32 Å². The Labute approximate surface area is 153 Å². The minimum Gasteiger partial charge on any atom is -0.333 e. The number of hydrogen-bond donors (Lipinski definition) is 1. The lowest BCUT2D eigenvalue weighted by Gasteiger charge is -2.13. The molecule has 1 aliphatic rings. The van der Waals surface area contributed by atoms with Gasteiger partial charge in [-0.1, -0.05) is 17.3 Å². The maximum absolute atomic E-state index is 12.7. The number of anilines is 1. The van der Waals surface area contributed by atoms with E-state index in [2.05, 4.69) is 25.0 Å². The largest absolute Gasteiger partial charge is 0.333 e. The minimum atomic E-state index is -2.80. The van der Waals surface area contributed by atoms with Crippen molar-refractivity contribution in [3.8, 4) is 11.4 Å². The van der Waals surface area contributed by atoms with Gasteiger partial charge in [0.05, 0.1) is 5.92 Å². The summed E-state index contributed by atoms with van der Waals surface area (Å²) in [6.07, 6.45) is 0.253. The number of amides is 1. The summed E-state index contributed by atoms with van der Waals surface area (Å²) in [6.45, 7) is 1.86. The quantitative estimate of drug-likeness (QED) is 0.749. The molecule has 0 unspecified atom stereocenters. The molecule has 0 saturated heterocycles. The molecule has 4 rings (SSSR count). The first-order valence-electron chi connectivity index (χ1n) is 8.50. The van der Waals surface area contributed by atoms with E-state index < -0.39 is 12.3 Å². The molecule has 1 atom stereocenters. The summed E-state index contributed by atoms with van der Waals surface area (Å²) in [5, 5.41) is 6.53. The fourth-order valence-electron chi connectivity index (χ4n) is 3.32. The highest BCUT2D eigenvalue weighted by molar-refractivity contribution is 5.96. The predicted octanol–water partition coefficient (Wildman–Crippen LogP) is 4.05. The average Bonchev–Trinajstić information content (AvgIpc) is 3.28. The Morgan fingerprint density at radius 3 is 2.89 bits per heavy atom. The van der Waals surface area contributed by atoms with Crippen LogP contribution in [0.1, 0.15) is 41.5 Å². The number of aryl methyl sites for hydroxylation is 2. The number of hydrogen-bond acceptors (Lipinski definition) is 5. The molecule has 8 heteroatoms. The topological polar surface area (TPSA) is 80.9 Å². The van der Waals surface area contributed by atoms with Gasteiger partial charge in [-0.15, -0.1) is 0 Å². The number of aromatic nitrogens is 3. The molecule has 2 heterocycles.